The van der Waals surface area contributed by atoms with E-state index in [4.69, 9.17) is 14.2 Å². The van der Waals surface area contributed by atoms with Crippen molar-refractivity contribution >= 4 is 11.9 Å². The van der Waals surface area contributed by atoms with Gasteiger partial charge in [0.15, 0.2) is 11.5 Å². The van der Waals surface area contributed by atoms with Crippen molar-refractivity contribution in [3.8, 4) is 17.2 Å². The first kappa shape index (κ1) is 29.0. The van der Waals surface area contributed by atoms with Crippen molar-refractivity contribution in [3.63, 3.8) is 0 Å². The van der Waals surface area contributed by atoms with E-state index in [0.717, 1.165) is 51.4 Å². The van der Waals surface area contributed by atoms with E-state index >= 15 is 0 Å². The molecule has 0 aliphatic heterocycles. The molecule has 0 spiro atoms. The van der Waals surface area contributed by atoms with E-state index in [1.165, 1.54) is 38.5 Å². The topological polar surface area (TPSA) is 61.8 Å². The van der Waals surface area contributed by atoms with Crippen molar-refractivity contribution in [1.82, 2.24) is 0 Å². The second-order valence-corrected chi connectivity index (χ2v) is 8.79. The van der Waals surface area contributed by atoms with Crippen molar-refractivity contribution < 1.29 is 23.8 Å². The Balaban J connectivity index is 2.59. The number of rotatable bonds is 20. The van der Waals surface area contributed by atoms with Gasteiger partial charge >= 0.3 is 11.9 Å². The third kappa shape index (κ3) is 14.7. The van der Waals surface area contributed by atoms with Crippen LogP contribution in [0.2, 0.25) is 0 Å². The van der Waals surface area contributed by atoms with Crippen LogP contribution in [0.3, 0.4) is 0 Å². The lowest BCUT2D eigenvalue weighted by Gasteiger charge is -2.13. The summed E-state index contributed by atoms with van der Waals surface area (Å²) in [5.74, 6) is 0.542. The molecule has 1 rings (SSSR count). The smallest absolute Gasteiger partial charge is 0.311 e. The van der Waals surface area contributed by atoms with Crippen LogP contribution < -0.4 is 14.2 Å². The summed E-state index contributed by atoms with van der Waals surface area (Å²) in [5, 5.41) is 0. The highest BCUT2D eigenvalue weighted by molar-refractivity contribution is 5.76. The Morgan fingerprint density at radius 1 is 0.606 bits per heavy atom. The molecule has 0 aliphatic carbocycles. The van der Waals surface area contributed by atoms with Crippen LogP contribution in [0, 0.1) is 0 Å². The predicted octanol–water partition coefficient (Wildman–Crippen LogP) is 8.18. The van der Waals surface area contributed by atoms with Gasteiger partial charge in [-0.2, -0.15) is 0 Å². The van der Waals surface area contributed by atoms with Crippen LogP contribution in [-0.2, 0) is 9.59 Å². The first-order chi connectivity index (χ1) is 16.1. The molecule has 0 saturated carbocycles. The number of ether oxygens (including phenoxy) is 3. The zero-order valence-corrected chi connectivity index (χ0v) is 21.3. The Bertz CT molecular complexity index is 656. The molecule has 0 aliphatic rings. The maximum Gasteiger partial charge on any atom is 0.311 e. The van der Waals surface area contributed by atoms with E-state index in [1.807, 2.05) is 0 Å². The van der Waals surface area contributed by atoms with Crippen molar-refractivity contribution in [2.24, 2.45) is 0 Å². The molecule has 0 fully saturated rings. The van der Waals surface area contributed by atoms with Crippen LogP contribution in [-0.4, -0.2) is 18.5 Å². The molecule has 5 nitrogen and oxygen atoms in total. The van der Waals surface area contributed by atoms with Crippen molar-refractivity contribution in [2.75, 3.05) is 6.61 Å². The first-order valence-corrected chi connectivity index (χ1v) is 13.3. The molecule has 188 valence electrons. The standard InChI is InChI=1S/C28H46O5/c1-4-7-10-11-12-13-14-17-22-31-24-20-21-25(32-27(29)18-15-8-5-2)26(23-24)33-28(30)19-16-9-6-3/h20-21,23H,4-19,22H2,1-3H3. The van der Waals surface area contributed by atoms with Gasteiger partial charge in [-0.25, -0.2) is 0 Å². The van der Waals surface area contributed by atoms with E-state index in [1.54, 1.807) is 18.2 Å². The Labute approximate surface area is 201 Å². The Morgan fingerprint density at radius 2 is 1.09 bits per heavy atom. The Kier molecular flexibility index (Phi) is 17.1. The molecule has 0 N–H and O–H groups in total. The highest BCUT2D eigenvalue weighted by atomic mass is 16.6. The van der Waals surface area contributed by atoms with Crippen LogP contribution >= 0.6 is 0 Å². The molecular weight excluding hydrogens is 416 g/mol. The van der Waals surface area contributed by atoms with Crippen molar-refractivity contribution in [3.05, 3.63) is 18.2 Å². The number of hydrogen-bond acceptors (Lipinski definition) is 5. The highest BCUT2D eigenvalue weighted by Crippen LogP contribution is 2.33. The molecular formula is C28H46O5. The zero-order valence-electron chi connectivity index (χ0n) is 21.3. The normalized spacial score (nSPS) is 10.8. The average molecular weight is 463 g/mol. The zero-order chi connectivity index (χ0) is 24.2. The summed E-state index contributed by atoms with van der Waals surface area (Å²) in [6.45, 7) is 7.04. The molecule has 0 saturated heterocycles. The molecule has 0 bridgehead atoms. The minimum atomic E-state index is -0.313. The van der Waals surface area contributed by atoms with Gasteiger partial charge in [0.2, 0.25) is 0 Å². The van der Waals surface area contributed by atoms with Gasteiger partial charge in [0.25, 0.3) is 0 Å². The fraction of sp³-hybridized carbons (Fsp3) is 0.714. The highest BCUT2D eigenvalue weighted by Gasteiger charge is 2.15. The lowest BCUT2D eigenvalue weighted by Crippen LogP contribution is -2.12. The molecule has 5 heteroatoms. The number of hydrogen-bond donors (Lipinski definition) is 0. The average Bonchev–Trinajstić information content (AvgIpc) is 2.80. The van der Waals surface area contributed by atoms with Gasteiger partial charge in [0.1, 0.15) is 5.75 Å². The van der Waals surface area contributed by atoms with Gasteiger partial charge in [-0.15, -0.1) is 0 Å². The van der Waals surface area contributed by atoms with Gasteiger partial charge < -0.3 is 14.2 Å². The SMILES string of the molecule is CCCCCCCCCCOc1ccc(OC(=O)CCCCC)c(OC(=O)CCCCC)c1. The molecule has 0 aromatic heterocycles. The third-order valence-corrected chi connectivity index (χ3v) is 5.60. The van der Waals surface area contributed by atoms with Crippen LogP contribution in [0.1, 0.15) is 124 Å². The van der Waals surface area contributed by atoms with Crippen LogP contribution in [0.15, 0.2) is 18.2 Å². The van der Waals surface area contributed by atoms with Gasteiger partial charge in [0.05, 0.1) is 6.61 Å². The molecule has 0 radical (unpaired) electrons. The number of carbonyl (C=O) groups excluding carboxylic acids is 2. The molecule has 0 atom stereocenters. The number of unbranched alkanes of at least 4 members (excludes halogenated alkanes) is 11. The monoisotopic (exact) mass is 462 g/mol. The lowest BCUT2D eigenvalue weighted by atomic mass is 10.1. The molecule has 33 heavy (non-hydrogen) atoms. The van der Waals surface area contributed by atoms with Gasteiger partial charge in [-0.1, -0.05) is 91.4 Å². The van der Waals surface area contributed by atoms with E-state index in [2.05, 4.69) is 20.8 Å². The van der Waals surface area contributed by atoms with Gasteiger partial charge in [0, 0.05) is 18.9 Å². The number of benzene rings is 1. The van der Waals surface area contributed by atoms with E-state index in [9.17, 15) is 9.59 Å². The summed E-state index contributed by atoms with van der Waals surface area (Å²) in [5.41, 5.74) is 0. The lowest BCUT2D eigenvalue weighted by molar-refractivity contribution is -0.137. The fourth-order valence-electron chi connectivity index (χ4n) is 3.55. The summed E-state index contributed by atoms with van der Waals surface area (Å²) in [7, 11) is 0. The van der Waals surface area contributed by atoms with Crippen LogP contribution in [0.5, 0.6) is 17.2 Å². The van der Waals surface area contributed by atoms with Crippen molar-refractivity contribution in [1.29, 1.82) is 0 Å². The molecule has 0 heterocycles. The first-order valence-electron chi connectivity index (χ1n) is 13.3. The number of carbonyl (C=O) groups is 2. The molecule has 0 unspecified atom stereocenters. The minimum Gasteiger partial charge on any atom is -0.493 e. The Hall–Kier alpha value is -2.04. The summed E-state index contributed by atoms with van der Waals surface area (Å²) in [6, 6.07) is 5.10. The summed E-state index contributed by atoms with van der Waals surface area (Å²) in [4.78, 5) is 24.5. The second kappa shape index (κ2) is 19.4. The molecule has 0 amide bonds. The fourth-order valence-corrected chi connectivity index (χ4v) is 3.55. The maximum atomic E-state index is 12.3. The van der Waals surface area contributed by atoms with Crippen molar-refractivity contribution in [2.45, 2.75) is 124 Å². The van der Waals surface area contributed by atoms with E-state index in [0.29, 0.717) is 25.2 Å². The summed E-state index contributed by atoms with van der Waals surface area (Å²) < 4.78 is 16.9. The van der Waals surface area contributed by atoms with E-state index < -0.39 is 0 Å². The van der Waals surface area contributed by atoms with Crippen LogP contribution in [0.4, 0.5) is 0 Å². The maximum absolute atomic E-state index is 12.3. The quantitative estimate of drug-likeness (QED) is 0.111. The largest absolute Gasteiger partial charge is 0.493 e. The summed E-state index contributed by atoms with van der Waals surface area (Å²) in [6.07, 6.45) is 16.3. The molecule has 1 aromatic rings. The Morgan fingerprint density at radius 3 is 1.67 bits per heavy atom. The van der Waals surface area contributed by atoms with Gasteiger partial charge in [-0.3, -0.25) is 9.59 Å². The minimum absolute atomic E-state index is 0.258. The second-order valence-electron chi connectivity index (χ2n) is 8.79. The van der Waals surface area contributed by atoms with E-state index in [-0.39, 0.29) is 23.4 Å². The van der Waals surface area contributed by atoms with Crippen LogP contribution in [0.25, 0.3) is 0 Å². The predicted molar refractivity (Wildman–Crippen MR) is 134 cm³/mol. The molecule has 1 aromatic carbocycles. The van der Waals surface area contributed by atoms with Gasteiger partial charge in [-0.05, 0) is 31.4 Å². The number of esters is 2. The third-order valence-electron chi connectivity index (χ3n) is 5.60. The summed E-state index contributed by atoms with van der Waals surface area (Å²) >= 11 is 0.